The van der Waals surface area contributed by atoms with Gasteiger partial charge in [0.15, 0.2) is 0 Å². The minimum absolute atomic E-state index is 0.119. The van der Waals surface area contributed by atoms with E-state index in [1.165, 1.54) is 0 Å². The van der Waals surface area contributed by atoms with E-state index in [2.05, 4.69) is 13.2 Å². The summed E-state index contributed by atoms with van der Waals surface area (Å²) in [6.45, 7) is 10.5. The van der Waals surface area contributed by atoms with Crippen LogP contribution in [-0.2, 0) is 23.9 Å². The van der Waals surface area contributed by atoms with Crippen LogP contribution < -0.4 is 4.90 Å². The molecule has 8 nitrogen and oxygen atoms in total. The Bertz CT molecular complexity index is 1160. The molecule has 1 spiro atoms. The zero-order valence-corrected chi connectivity index (χ0v) is 25.5. The third kappa shape index (κ3) is 5.90. The minimum atomic E-state index is -1.14. The lowest BCUT2D eigenvalue weighted by Gasteiger charge is -2.37. The molecule has 1 N–H and O–H groups in total. The van der Waals surface area contributed by atoms with Crippen molar-refractivity contribution in [3.05, 3.63) is 54.6 Å². The molecule has 2 bridgehead atoms. The molecular formula is C33H45ClN2O6. The van der Waals surface area contributed by atoms with Crippen molar-refractivity contribution in [1.29, 1.82) is 0 Å². The van der Waals surface area contributed by atoms with Gasteiger partial charge >= 0.3 is 5.97 Å². The summed E-state index contributed by atoms with van der Waals surface area (Å²) in [7, 11) is 0. The van der Waals surface area contributed by atoms with Gasteiger partial charge in [-0.1, -0.05) is 55.7 Å². The van der Waals surface area contributed by atoms with Crippen LogP contribution in [0, 0.1) is 11.8 Å². The number of hydrogen-bond donors (Lipinski definition) is 1. The number of allylic oxidation sites excluding steroid dienone is 1. The van der Waals surface area contributed by atoms with E-state index in [1.54, 1.807) is 34.1 Å². The monoisotopic (exact) mass is 600 g/mol. The van der Waals surface area contributed by atoms with E-state index in [0.717, 1.165) is 25.7 Å². The fourth-order valence-corrected chi connectivity index (χ4v) is 7.49. The van der Waals surface area contributed by atoms with E-state index < -0.39 is 35.0 Å². The molecule has 0 saturated carbocycles. The molecule has 2 amide bonds. The maximum Gasteiger partial charge on any atom is 0.312 e. The number of aliphatic hydroxyl groups is 1. The number of anilines is 1. The lowest BCUT2D eigenvalue weighted by Crippen LogP contribution is -2.56. The highest BCUT2D eigenvalue weighted by atomic mass is 35.5. The number of hydrogen-bond acceptors (Lipinski definition) is 6. The Morgan fingerprint density at radius 1 is 1.14 bits per heavy atom. The van der Waals surface area contributed by atoms with Gasteiger partial charge in [-0.05, 0) is 63.5 Å². The van der Waals surface area contributed by atoms with Crippen molar-refractivity contribution in [1.82, 2.24) is 4.90 Å². The molecule has 42 heavy (non-hydrogen) atoms. The van der Waals surface area contributed by atoms with Crippen LogP contribution in [0.3, 0.4) is 0 Å². The molecule has 0 radical (unpaired) electrons. The summed E-state index contributed by atoms with van der Waals surface area (Å²) in [6.07, 6.45) is 10.5. The number of rotatable bonds is 17. The Labute approximate surface area is 254 Å². The van der Waals surface area contributed by atoms with Crippen molar-refractivity contribution in [3.63, 3.8) is 0 Å². The number of likely N-dealkylation sites (tertiary alicyclic amines) is 1. The second-order valence-electron chi connectivity index (χ2n) is 11.6. The van der Waals surface area contributed by atoms with Crippen LogP contribution >= 0.6 is 11.6 Å². The molecule has 1 aromatic rings. The molecule has 0 aliphatic carbocycles. The van der Waals surface area contributed by atoms with Crippen molar-refractivity contribution in [2.75, 3.05) is 31.2 Å². The van der Waals surface area contributed by atoms with Gasteiger partial charge in [-0.2, -0.15) is 0 Å². The van der Waals surface area contributed by atoms with Gasteiger partial charge < -0.3 is 24.4 Å². The summed E-state index contributed by atoms with van der Waals surface area (Å²) in [5.74, 6) is -2.50. The van der Waals surface area contributed by atoms with E-state index in [9.17, 15) is 19.5 Å². The van der Waals surface area contributed by atoms with Gasteiger partial charge in [0.25, 0.3) is 5.91 Å². The van der Waals surface area contributed by atoms with E-state index >= 15 is 0 Å². The van der Waals surface area contributed by atoms with Crippen LogP contribution in [0.15, 0.2) is 49.6 Å². The molecule has 3 aliphatic rings. The molecule has 9 heteroatoms. The molecule has 230 valence electrons. The van der Waals surface area contributed by atoms with E-state index in [1.807, 2.05) is 19.1 Å². The Morgan fingerprint density at radius 3 is 2.60 bits per heavy atom. The number of ether oxygens (including phenoxy) is 2. The first kappa shape index (κ1) is 32.2. The van der Waals surface area contributed by atoms with Crippen LogP contribution in [0.5, 0.6) is 0 Å². The molecule has 3 fully saturated rings. The average Bonchev–Trinajstić information content (AvgIpc) is 3.59. The van der Waals surface area contributed by atoms with Gasteiger partial charge in [0.1, 0.15) is 17.6 Å². The zero-order chi connectivity index (χ0) is 30.3. The number of amides is 2. The molecule has 2 unspecified atom stereocenters. The van der Waals surface area contributed by atoms with Crippen molar-refractivity contribution >= 4 is 35.1 Å². The number of benzene rings is 1. The third-order valence-electron chi connectivity index (χ3n) is 9.24. The summed E-state index contributed by atoms with van der Waals surface area (Å²) < 4.78 is 12.6. The standard InChI is InChI=1S/C33H45ClN2O6/c1-4-7-8-15-23-41-31(40)27-26-29(38)36(21-13-9-10-14-22-37)28(33(26)19-18-32(27,6-3)42-33)30(39)35(20-5-2)25-17-12-11-16-24(25)34/h4-5,11-12,16-17,26-28,37H,1-2,6-10,13-15,18-23H2,3H3/t26-,27+,28?,32-,33?/m0/s1. The highest BCUT2D eigenvalue weighted by Crippen LogP contribution is 2.64. The van der Waals surface area contributed by atoms with Gasteiger partial charge in [0, 0.05) is 19.7 Å². The second-order valence-corrected chi connectivity index (χ2v) is 12.1. The Hall–Kier alpha value is -2.68. The van der Waals surface area contributed by atoms with Gasteiger partial charge in [-0.25, -0.2) is 0 Å². The predicted octanol–water partition coefficient (Wildman–Crippen LogP) is 5.47. The Balaban J connectivity index is 1.70. The quantitative estimate of drug-likeness (QED) is 0.145. The lowest BCUT2D eigenvalue weighted by atomic mass is 9.65. The smallest absolute Gasteiger partial charge is 0.312 e. The number of para-hydroxylation sites is 1. The number of halogens is 1. The van der Waals surface area contributed by atoms with Crippen LogP contribution in [0.1, 0.15) is 71.1 Å². The molecule has 5 atom stereocenters. The number of aliphatic hydroxyl groups excluding tert-OH is 1. The summed E-state index contributed by atoms with van der Waals surface area (Å²) >= 11 is 6.55. The number of carbonyl (C=O) groups is 3. The number of unbranched alkanes of at least 4 members (excludes halogenated alkanes) is 5. The summed E-state index contributed by atoms with van der Waals surface area (Å²) in [5, 5.41) is 9.61. The number of esters is 1. The number of carbonyl (C=O) groups excluding carboxylic acids is 3. The van der Waals surface area contributed by atoms with Crippen LogP contribution in [0.25, 0.3) is 0 Å². The normalized spacial score (nSPS) is 27.6. The summed E-state index contributed by atoms with van der Waals surface area (Å²) in [5.41, 5.74) is -1.45. The minimum Gasteiger partial charge on any atom is -0.465 e. The van der Waals surface area contributed by atoms with Crippen molar-refractivity contribution in [2.45, 2.75) is 88.4 Å². The highest BCUT2D eigenvalue weighted by Gasteiger charge is 2.79. The molecule has 3 saturated heterocycles. The number of fused-ring (bicyclic) bond motifs is 1. The fraction of sp³-hybridized carbons (Fsp3) is 0.606. The highest BCUT2D eigenvalue weighted by molar-refractivity contribution is 6.34. The second kappa shape index (κ2) is 14.2. The topological polar surface area (TPSA) is 96.4 Å². The number of nitrogens with zero attached hydrogens (tertiary/aromatic N) is 2. The maximum atomic E-state index is 14.6. The molecule has 1 aromatic carbocycles. The van der Waals surface area contributed by atoms with E-state index in [4.69, 9.17) is 21.1 Å². The first-order valence-corrected chi connectivity index (χ1v) is 15.8. The third-order valence-corrected chi connectivity index (χ3v) is 9.56. The summed E-state index contributed by atoms with van der Waals surface area (Å²) in [6, 6.07) is 6.21. The Morgan fingerprint density at radius 2 is 1.90 bits per heavy atom. The Kier molecular flexibility index (Phi) is 10.9. The molecule has 3 heterocycles. The molecular weight excluding hydrogens is 556 g/mol. The lowest BCUT2D eigenvalue weighted by molar-refractivity contribution is -0.161. The first-order chi connectivity index (χ1) is 20.3. The average molecular weight is 601 g/mol. The van der Waals surface area contributed by atoms with E-state index in [0.29, 0.717) is 55.8 Å². The van der Waals surface area contributed by atoms with Gasteiger partial charge in [-0.3, -0.25) is 14.4 Å². The van der Waals surface area contributed by atoms with E-state index in [-0.39, 0.29) is 31.6 Å². The van der Waals surface area contributed by atoms with Crippen molar-refractivity contribution in [2.24, 2.45) is 11.8 Å². The van der Waals surface area contributed by atoms with Gasteiger partial charge in [0.05, 0.1) is 28.8 Å². The molecule has 0 aromatic heterocycles. The van der Waals surface area contributed by atoms with Crippen molar-refractivity contribution in [3.8, 4) is 0 Å². The van der Waals surface area contributed by atoms with Crippen LogP contribution in [-0.4, -0.2) is 71.3 Å². The molecule has 4 rings (SSSR count). The predicted molar refractivity (Wildman–Crippen MR) is 163 cm³/mol. The van der Waals surface area contributed by atoms with Gasteiger partial charge in [0.2, 0.25) is 5.91 Å². The zero-order valence-electron chi connectivity index (χ0n) is 24.8. The van der Waals surface area contributed by atoms with Gasteiger partial charge in [-0.15, -0.1) is 13.2 Å². The first-order valence-electron chi connectivity index (χ1n) is 15.4. The maximum absolute atomic E-state index is 14.6. The fourth-order valence-electron chi connectivity index (χ4n) is 7.25. The largest absolute Gasteiger partial charge is 0.465 e. The van der Waals surface area contributed by atoms with Crippen LogP contribution in [0.2, 0.25) is 5.02 Å². The molecule has 3 aliphatic heterocycles. The summed E-state index contributed by atoms with van der Waals surface area (Å²) in [4.78, 5) is 45.9. The van der Waals surface area contributed by atoms with Crippen molar-refractivity contribution < 1.29 is 29.0 Å². The van der Waals surface area contributed by atoms with Crippen LogP contribution in [0.4, 0.5) is 5.69 Å². The SMILES string of the molecule is C=CCCCCOC(=O)[C@H]1[C@H]2C(=O)N(CCCCCCO)C(C(=O)N(CC=C)c3ccccc3Cl)C23CC[C@]1(CC)O3.